The van der Waals surface area contributed by atoms with Crippen molar-refractivity contribution in [2.24, 2.45) is 0 Å². The first-order valence-electron chi connectivity index (χ1n) is 12.2. The monoisotopic (exact) mass is 512 g/mol. The molecule has 0 aliphatic rings. The van der Waals surface area contributed by atoms with Gasteiger partial charge in [-0.1, -0.05) is 35.6 Å². The lowest BCUT2D eigenvalue weighted by Crippen LogP contribution is -2.34. The Morgan fingerprint density at radius 1 is 0.973 bits per heavy atom. The molecular formula is C29H28N4O3S. The minimum atomic E-state index is -0.134. The van der Waals surface area contributed by atoms with Crippen LogP contribution in [0.1, 0.15) is 28.7 Å². The van der Waals surface area contributed by atoms with Crippen molar-refractivity contribution in [3.63, 3.8) is 0 Å². The lowest BCUT2D eigenvalue weighted by Gasteiger charge is -2.20. The van der Waals surface area contributed by atoms with Crippen LogP contribution >= 0.6 is 11.3 Å². The lowest BCUT2D eigenvalue weighted by atomic mass is 10.2. The van der Waals surface area contributed by atoms with Crippen LogP contribution in [0.15, 0.2) is 78.9 Å². The third kappa shape index (κ3) is 5.49. The van der Waals surface area contributed by atoms with Crippen LogP contribution in [0.2, 0.25) is 0 Å². The number of rotatable bonds is 9. The molecule has 8 heteroatoms. The maximum atomic E-state index is 13.8. The standard InChI is InChI=1S/C29H28N4O3S/c1-4-35-25-11-8-12-26-27(25)30-29(37-26)32(17-18-33-21(3)19-20(2)31-33)28(34)22-13-15-24(16-14-22)36-23-9-6-5-7-10-23/h5-16,19H,4,17-18H2,1-3H3. The Kier molecular flexibility index (Phi) is 7.18. The molecule has 0 radical (unpaired) electrons. The summed E-state index contributed by atoms with van der Waals surface area (Å²) in [6.45, 7) is 7.45. The van der Waals surface area contributed by atoms with Gasteiger partial charge in [-0.25, -0.2) is 4.98 Å². The fraction of sp³-hybridized carbons (Fsp3) is 0.207. The van der Waals surface area contributed by atoms with Crippen LogP contribution in [0, 0.1) is 13.8 Å². The molecule has 5 aromatic rings. The summed E-state index contributed by atoms with van der Waals surface area (Å²) in [7, 11) is 0. The van der Waals surface area contributed by atoms with E-state index in [1.807, 2.05) is 92.2 Å². The summed E-state index contributed by atoms with van der Waals surface area (Å²) in [6.07, 6.45) is 0. The number of hydrogen-bond acceptors (Lipinski definition) is 6. The van der Waals surface area contributed by atoms with Crippen molar-refractivity contribution < 1.29 is 14.3 Å². The first kappa shape index (κ1) is 24.5. The molecule has 2 aromatic heterocycles. The van der Waals surface area contributed by atoms with E-state index in [1.165, 1.54) is 11.3 Å². The largest absolute Gasteiger partial charge is 0.492 e. The Bertz CT molecular complexity index is 1510. The molecule has 3 aromatic carbocycles. The normalized spacial score (nSPS) is 11.0. The van der Waals surface area contributed by atoms with Crippen molar-refractivity contribution in [1.29, 1.82) is 0 Å². The van der Waals surface area contributed by atoms with E-state index in [0.717, 1.165) is 33.1 Å². The molecule has 188 valence electrons. The van der Waals surface area contributed by atoms with Gasteiger partial charge in [0.25, 0.3) is 5.91 Å². The van der Waals surface area contributed by atoms with Gasteiger partial charge >= 0.3 is 0 Å². The average Bonchev–Trinajstić information content (AvgIpc) is 3.48. The second-order valence-electron chi connectivity index (χ2n) is 8.58. The van der Waals surface area contributed by atoms with Gasteiger partial charge < -0.3 is 9.47 Å². The summed E-state index contributed by atoms with van der Waals surface area (Å²) in [4.78, 5) is 20.4. The molecule has 0 bridgehead atoms. The predicted molar refractivity (Wildman–Crippen MR) is 147 cm³/mol. The summed E-state index contributed by atoms with van der Waals surface area (Å²) in [5, 5.41) is 5.19. The number of carbonyl (C=O) groups is 1. The molecule has 0 aliphatic heterocycles. The molecule has 5 rings (SSSR count). The summed E-state index contributed by atoms with van der Waals surface area (Å²) in [6, 6.07) is 24.6. The Hall–Kier alpha value is -4.17. The van der Waals surface area contributed by atoms with Crippen molar-refractivity contribution in [1.82, 2.24) is 14.8 Å². The van der Waals surface area contributed by atoms with Gasteiger partial charge in [-0.15, -0.1) is 0 Å². The van der Waals surface area contributed by atoms with Crippen LogP contribution in [0.5, 0.6) is 17.2 Å². The minimum absolute atomic E-state index is 0.134. The number of para-hydroxylation sites is 2. The Morgan fingerprint density at radius 3 is 2.43 bits per heavy atom. The maximum Gasteiger partial charge on any atom is 0.260 e. The van der Waals surface area contributed by atoms with Crippen LogP contribution in [-0.2, 0) is 6.54 Å². The van der Waals surface area contributed by atoms with Gasteiger partial charge in [0.1, 0.15) is 22.8 Å². The molecule has 37 heavy (non-hydrogen) atoms. The van der Waals surface area contributed by atoms with Crippen molar-refractivity contribution in [3.05, 3.63) is 95.8 Å². The van der Waals surface area contributed by atoms with E-state index in [4.69, 9.17) is 14.5 Å². The van der Waals surface area contributed by atoms with E-state index in [0.29, 0.717) is 36.1 Å². The van der Waals surface area contributed by atoms with Crippen molar-refractivity contribution in [2.75, 3.05) is 18.1 Å². The zero-order valence-corrected chi connectivity index (χ0v) is 21.9. The fourth-order valence-electron chi connectivity index (χ4n) is 4.13. The summed E-state index contributed by atoms with van der Waals surface area (Å²) < 4.78 is 14.6. The SMILES string of the molecule is CCOc1cccc2sc(N(CCn3nc(C)cc3C)C(=O)c3ccc(Oc4ccccc4)cc3)nc12. The zero-order valence-electron chi connectivity index (χ0n) is 21.0. The molecule has 2 heterocycles. The highest BCUT2D eigenvalue weighted by Gasteiger charge is 2.23. The molecule has 0 saturated carbocycles. The molecule has 0 unspecified atom stereocenters. The molecule has 0 saturated heterocycles. The number of benzene rings is 3. The van der Waals surface area contributed by atoms with Crippen molar-refractivity contribution in [3.8, 4) is 17.2 Å². The highest BCUT2D eigenvalue weighted by molar-refractivity contribution is 7.22. The van der Waals surface area contributed by atoms with Gasteiger partial charge in [0.05, 0.1) is 23.5 Å². The Morgan fingerprint density at radius 2 is 1.73 bits per heavy atom. The molecule has 0 atom stereocenters. The minimum Gasteiger partial charge on any atom is -0.492 e. The molecule has 0 fully saturated rings. The molecule has 0 aliphatic carbocycles. The first-order valence-corrected chi connectivity index (χ1v) is 13.0. The number of aromatic nitrogens is 3. The van der Waals surface area contributed by atoms with Gasteiger partial charge in [-0.2, -0.15) is 5.10 Å². The van der Waals surface area contributed by atoms with Gasteiger partial charge in [0.2, 0.25) is 0 Å². The molecule has 0 spiro atoms. The van der Waals surface area contributed by atoms with E-state index in [9.17, 15) is 4.79 Å². The second kappa shape index (κ2) is 10.8. The summed E-state index contributed by atoms with van der Waals surface area (Å²) in [5.74, 6) is 1.99. The third-order valence-corrected chi connectivity index (χ3v) is 6.91. The number of amides is 1. The van der Waals surface area contributed by atoms with Crippen LogP contribution in [0.4, 0.5) is 5.13 Å². The van der Waals surface area contributed by atoms with Gasteiger partial charge in [0.15, 0.2) is 5.13 Å². The van der Waals surface area contributed by atoms with Crippen LogP contribution in [0.25, 0.3) is 10.2 Å². The topological polar surface area (TPSA) is 69.5 Å². The predicted octanol–water partition coefficient (Wildman–Crippen LogP) is 6.65. The van der Waals surface area contributed by atoms with Crippen LogP contribution in [0.3, 0.4) is 0 Å². The van der Waals surface area contributed by atoms with Gasteiger partial charge in [-0.05, 0) is 75.4 Å². The molecule has 1 amide bonds. The average molecular weight is 513 g/mol. The van der Waals surface area contributed by atoms with Gasteiger partial charge in [-0.3, -0.25) is 14.4 Å². The van der Waals surface area contributed by atoms with E-state index in [2.05, 4.69) is 5.10 Å². The second-order valence-corrected chi connectivity index (χ2v) is 9.59. The van der Waals surface area contributed by atoms with E-state index in [1.54, 1.807) is 17.0 Å². The smallest absolute Gasteiger partial charge is 0.260 e. The number of hydrogen-bond donors (Lipinski definition) is 0. The quantitative estimate of drug-likeness (QED) is 0.221. The number of aryl methyl sites for hydroxylation is 2. The number of thiazole rings is 1. The summed E-state index contributed by atoms with van der Waals surface area (Å²) in [5.41, 5.74) is 3.32. The highest BCUT2D eigenvalue weighted by Crippen LogP contribution is 2.35. The number of nitrogens with zero attached hydrogens (tertiary/aromatic N) is 4. The lowest BCUT2D eigenvalue weighted by molar-refractivity contribution is 0.0985. The number of ether oxygens (including phenoxy) is 2. The van der Waals surface area contributed by atoms with E-state index >= 15 is 0 Å². The zero-order chi connectivity index (χ0) is 25.8. The molecular weight excluding hydrogens is 484 g/mol. The molecule has 7 nitrogen and oxygen atoms in total. The van der Waals surface area contributed by atoms with E-state index in [-0.39, 0.29) is 5.91 Å². The Labute approximate surface area is 219 Å². The fourth-order valence-corrected chi connectivity index (χ4v) is 5.13. The number of carbonyl (C=O) groups excluding carboxylic acids is 1. The van der Waals surface area contributed by atoms with E-state index < -0.39 is 0 Å². The summed E-state index contributed by atoms with van der Waals surface area (Å²) >= 11 is 1.48. The maximum absolute atomic E-state index is 13.8. The van der Waals surface area contributed by atoms with Crippen LogP contribution < -0.4 is 14.4 Å². The van der Waals surface area contributed by atoms with Crippen molar-refractivity contribution in [2.45, 2.75) is 27.3 Å². The Balaban J connectivity index is 1.44. The van der Waals surface area contributed by atoms with Crippen molar-refractivity contribution >= 4 is 32.6 Å². The molecule has 0 N–H and O–H groups in total. The number of fused-ring (bicyclic) bond motifs is 1. The van der Waals surface area contributed by atoms with Gasteiger partial charge in [0, 0.05) is 17.8 Å². The number of anilines is 1. The highest BCUT2D eigenvalue weighted by atomic mass is 32.1. The van der Waals surface area contributed by atoms with Crippen LogP contribution in [-0.4, -0.2) is 33.8 Å². The first-order chi connectivity index (χ1) is 18.0. The third-order valence-electron chi connectivity index (χ3n) is 5.87.